The number of carbonyl (C=O) groups excluding carboxylic acids is 1. The number of pyridine rings is 1. The molecule has 1 N–H and O–H groups in total. The second-order valence-electron chi connectivity index (χ2n) is 7.72. The van der Waals surface area contributed by atoms with E-state index in [1.165, 1.54) is 12.8 Å². The molecule has 1 aromatic carbocycles. The maximum absolute atomic E-state index is 13.2. The van der Waals surface area contributed by atoms with Crippen LogP contribution in [0.5, 0.6) is 0 Å². The zero-order chi connectivity index (χ0) is 20.8. The standard InChI is InChI=1S/C22H23ClN6O/c1-3-29-13-17-19(27-8-4-5-9-27)7-6-16(20(17)26-29)22(30)25-15-10-18(23)21-24-14(2)11-28(21)12-15/h6-7,10-13H,3-5,8-9H2,1-2H3,(H,25,30). The van der Waals surface area contributed by atoms with Crippen LogP contribution in [0.1, 0.15) is 35.8 Å². The normalized spacial score (nSPS) is 14.2. The van der Waals surface area contributed by atoms with E-state index in [1.54, 1.807) is 6.07 Å². The minimum absolute atomic E-state index is 0.207. The third-order valence-corrected chi connectivity index (χ3v) is 5.88. The number of hydrogen-bond acceptors (Lipinski definition) is 4. The van der Waals surface area contributed by atoms with Gasteiger partial charge < -0.3 is 14.6 Å². The largest absolute Gasteiger partial charge is 0.371 e. The average Bonchev–Trinajstić information content (AvgIpc) is 3.46. The predicted molar refractivity (Wildman–Crippen MR) is 120 cm³/mol. The highest BCUT2D eigenvalue weighted by atomic mass is 35.5. The van der Waals surface area contributed by atoms with Crippen molar-refractivity contribution in [2.24, 2.45) is 0 Å². The summed E-state index contributed by atoms with van der Waals surface area (Å²) in [6.45, 7) is 6.79. The number of anilines is 2. The number of fused-ring (bicyclic) bond motifs is 2. The summed E-state index contributed by atoms with van der Waals surface area (Å²) in [5.74, 6) is -0.207. The molecule has 0 saturated carbocycles. The Bertz CT molecular complexity index is 1270. The van der Waals surface area contributed by atoms with Gasteiger partial charge in [-0.15, -0.1) is 0 Å². The van der Waals surface area contributed by atoms with Crippen molar-refractivity contribution >= 4 is 45.4 Å². The van der Waals surface area contributed by atoms with Gasteiger partial charge in [-0.2, -0.15) is 5.10 Å². The molecule has 1 saturated heterocycles. The Morgan fingerprint density at radius 2 is 2.00 bits per heavy atom. The number of benzene rings is 1. The maximum atomic E-state index is 13.2. The quantitative estimate of drug-likeness (QED) is 0.525. The molecule has 3 aromatic heterocycles. The molecular weight excluding hydrogens is 400 g/mol. The fourth-order valence-electron chi connectivity index (χ4n) is 4.16. The van der Waals surface area contributed by atoms with Gasteiger partial charge in [0.1, 0.15) is 5.52 Å². The lowest BCUT2D eigenvalue weighted by Gasteiger charge is -2.19. The maximum Gasteiger partial charge on any atom is 0.257 e. The second-order valence-corrected chi connectivity index (χ2v) is 8.12. The molecule has 0 radical (unpaired) electrons. The van der Waals surface area contributed by atoms with Crippen molar-refractivity contribution < 1.29 is 4.79 Å². The SMILES string of the molecule is CCn1cc2c(N3CCCC3)ccc(C(=O)Nc3cc(Cl)c4nc(C)cn4c3)c2n1. The molecule has 30 heavy (non-hydrogen) atoms. The molecular formula is C22H23ClN6O. The fraction of sp³-hybridized carbons (Fsp3) is 0.318. The summed E-state index contributed by atoms with van der Waals surface area (Å²) in [4.78, 5) is 19.9. The first kappa shape index (κ1) is 18.9. The van der Waals surface area contributed by atoms with Gasteiger partial charge in [-0.25, -0.2) is 4.98 Å². The molecule has 154 valence electrons. The lowest BCUT2D eigenvalue weighted by atomic mass is 10.1. The Labute approximate surface area is 179 Å². The lowest BCUT2D eigenvalue weighted by Crippen LogP contribution is -2.18. The highest BCUT2D eigenvalue weighted by Crippen LogP contribution is 2.32. The van der Waals surface area contributed by atoms with Crippen LogP contribution in [-0.4, -0.2) is 38.2 Å². The van der Waals surface area contributed by atoms with Crippen molar-refractivity contribution in [3.63, 3.8) is 0 Å². The van der Waals surface area contributed by atoms with Crippen LogP contribution in [0.25, 0.3) is 16.6 Å². The van der Waals surface area contributed by atoms with Gasteiger partial charge in [0.05, 0.1) is 22.0 Å². The van der Waals surface area contributed by atoms with E-state index >= 15 is 0 Å². The number of aromatic nitrogens is 4. The summed E-state index contributed by atoms with van der Waals surface area (Å²) in [6.07, 6.45) is 8.13. The molecule has 1 amide bonds. The molecule has 0 unspecified atom stereocenters. The number of nitrogens with zero attached hydrogens (tertiary/aromatic N) is 5. The molecule has 0 aliphatic carbocycles. The Morgan fingerprint density at radius 3 is 2.77 bits per heavy atom. The fourth-order valence-corrected chi connectivity index (χ4v) is 4.42. The number of rotatable bonds is 4. The summed E-state index contributed by atoms with van der Waals surface area (Å²) < 4.78 is 3.71. The monoisotopic (exact) mass is 422 g/mol. The van der Waals surface area contributed by atoms with E-state index in [1.807, 2.05) is 53.7 Å². The van der Waals surface area contributed by atoms with Gasteiger partial charge in [0, 0.05) is 49.3 Å². The molecule has 4 aromatic rings. The first-order chi connectivity index (χ1) is 14.5. The van der Waals surface area contributed by atoms with Crippen molar-refractivity contribution in [2.75, 3.05) is 23.3 Å². The highest BCUT2D eigenvalue weighted by Gasteiger charge is 2.21. The third kappa shape index (κ3) is 3.19. The van der Waals surface area contributed by atoms with Crippen LogP contribution in [0, 0.1) is 6.92 Å². The molecule has 0 atom stereocenters. The number of hydrogen-bond donors (Lipinski definition) is 1. The van der Waals surface area contributed by atoms with Crippen LogP contribution in [0.4, 0.5) is 11.4 Å². The van der Waals surface area contributed by atoms with E-state index in [0.29, 0.717) is 21.9 Å². The van der Waals surface area contributed by atoms with Crippen molar-refractivity contribution in [2.45, 2.75) is 33.2 Å². The van der Waals surface area contributed by atoms with E-state index in [2.05, 4.69) is 20.3 Å². The number of carbonyl (C=O) groups is 1. The minimum Gasteiger partial charge on any atom is -0.371 e. The Hall–Kier alpha value is -3.06. The van der Waals surface area contributed by atoms with Gasteiger partial charge in [-0.05, 0) is 44.9 Å². The van der Waals surface area contributed by atoms with Crippen LogP contribution in [-0.2, 0) is 6.54 Å². The minimum atomic E-state index is -0.207. The van der Waals surface area contributed by atoms with Crippen molar-refractivity contribution in [3.8, 4) is 0 Å². The van der Waals surface area contributed by atoms with E-state index in [0.717, 1.165) is 41.9 Å². The van der Waals surface area contributed by atoms with Crippen LogP contribution in [0.3, 0.4) is 0 Å². The van der Waals surface area contributed by atoms with Gasteiger partial charge in [-0.3, -0.25) is 9.48 Å². The molecule has 7 nitrogen and oxygen atoms in total. The lowest BCUT2D eigenvalue weighted by molar-refractivity contribution is 0.102. The molecule has 5 rings (SSSR count). The smallest absolute Gasteiger partial charge is 0.257 e. The average molecular weight is 423 g/mol. The van der Waals surface area contributed by atoms with Gasteiger partial charge in [0.2, 0.25) is 0 Å². The van der Waals surface area contributed by atoms with Gasteiger partial charge in [-0.1, -0.05) is 11.6 Å². The third-order valence-electron chi connectivity index (χ3n) is 5.60. The van der Waals surface area contributed by atoms with Gasteiger partial charge >= 0.3 is 0 Å². The molecule has 0 spiro atoms. The van der Waals surface area contributed by atoms with Gasteiger partial charge in [0.15, 0.2) is 5.65 Å². The Kier molecular flexibility index (Phi) is 4.62. The molecule has 4 heterocycles. The van der Waals surface area contributed by atoms with Crippen molar-refractivity contribution in [3.05, 3.63) is 53.1 Å². The molecule has 0 bridgehead atoms. The highest BCUT2D eigenvalue weighted by molar-refractivity contribution is 6.33. The van der Waals surface area contributed by atoms with E-state index < -0.39 is 0 Å². The summed E-state index contributed by atoms with van der Waals surface area (Å²) in [5.41, 5.74) is 4.58. The van der Waals surface area contributed by atoms with Gasteiger partial charge in [0.25, 0.3) is 5.91 Å². The number of imidazole rings is 1. The first-order valence-corrected chi connectivity index (χ1v) is 10.6. The van der Waals surface area contributed by atoms with Crippen LogP contribution in [0.15, 0.2) is 36.8 Å². The summed E-state index contributed by atoms with van der Waals surface area (Å²) in [6, 6.07) is 5.64. The number of amides is 1. The summed E-state index contributed by atoms with van der Waals surface area (Å²) >= 11 is 6.36. The zero-order valence-corrected chi connectivity index (χ0v) is 17.8. The predicted octanol–water partition coefficient (Wildman–Crippen LogP) is 4.52. The van der Waals surface area contributed by atoms with Crippen molar-refractivity contribution in [1.82, 2.24) is 19.2 Å². The first-order valence-electron chi connectivity index (χ1n) is 10.2. The number of nitrogens with one attached hydrogen (secondary N) is 1. The summed E-state index contributed by atoms with van der Waals surface area (Å²) in [7, 11) is 0. The second kappa shape index (κ2) is 7.32. The summed E-state index contributed by atoms with van der Waals surface area (Å²) in [5, 5.41) is 9.17. The van der Waals surface area contributed by atoms with E-state index in [-0.39, 0.29) is 5.91 Å². The molecule has 1 aliphatic heterocycles. The molecule has 1 fully saturated rings. The molecule has 1 aliphatic rings. The topological polar surface area (TPSA) is 67.5 Å². The van der Waals surface area contributed by atoms with E-state index in [4.69, 9.17) is 11.6 Å². The van der Waals surface area contributed by atoms with Crippen LogP contribution >= 0.6 is 11.6 Å². The van der Waals surface area contributed by atoms with Crippen LogP contribution in [0.2, 0.25) is 5.02 Å². The van der Waals surface area contributed by atoms with Crippen LogP contribution < -0.4 is 10.2 Å². The molecule has 8 heteroatoms. The Morgan fingerprint density at radius 1 is 1.20 bits per heavy atom. The van der Waals surface area contributed by atoms with E-state index in [9.17, 15) is 4.79 Å². The zero-order valence-electron chi connectivity index (χ0n) is 17.0. The van der Waals surface area contributed by atoms with Crippen molar-refractivity contribution in [1.29, 1.82) is 0 Å². The Balaban J connectivity index is 1.53. The number of halogens is 1. The number of aryl methyl sites for hydroxylation is 2.